The van der Waals surface area contributed by atoms with Crippen molar-refractivity contribution in [1.29, 1.82) is 0 Å². The molecule has 0 spiro atoms. The molecule has 2 amide bonds. The Morgan fingerprint density at radius 1 is 1.29 bits per heavy atom. The predicted molar refractivity (Wildman–Crippen MR) is 83.7 cm³/mol. The number of carbonyl (C=O) groups excluding carboxylic acids is 2. The molecule has 2 unspecified atom stereocenters. The van der Waals surface area contributed by atoms with E-state index in [1.165, 1.54) is 0 Å². The van der Waals surface area contributed by atoms with E-state index in [0.29, 0.717) is 12.8 Å². The van der Waals surface area contributed by atoms with Gasteiger partial charge in [0.2, 0.25) is 11.8 Å². The Labute approximate surface area is 128 Å². The van der Waals surface area contributed by atoms with Crippen LogP contribution < -0.4 is 5.32 Å². The second kappa shape index (κ2) is 6.20. The molecule has 0 saturated carbocycles. The summed E-state index contributed by atoms with van der Waals surface area (Å²) in [5, 5.41) is 3.03. The number of allylic oxidation sites excluding steroid dienone is 1. The van der Waals surface area contributed by atoms with E-state index < -0.39 is 5.54 Å². The van der Waals surface area contributed by atoms with Crippen LogP contribution in [0.25, 0.3) is 0 Å². The van der Waals surface area contributed by atoms with E-state index in [4.69, 9.17) is 0 Å². The van der Waals surface area contributed by atoms with Crippen LogP contribution in [0.5, 0.6) is 0 Å². The first kappa shape index (κ1) is 16.1. The Morgan fingerprint density at radius 3 is 2.43 bits per heavy atom. The molecule has 2 rings (SSSR count). The normalized spacial score (nSPS) is 28.9. The number of hydrogen-bond acceptors (Lipinski definition) is 2. The number of rotatable bonds is 4. The fraction of sp³-hybridized carbons (Fsp3) is 0.765. The molecule has 4 nitrogen and oxygen atoms in total. The van der Waals surface area contributed by atoms with Crippen molar-refractivity contribution in [3.8, 4) is 0 Å². The van der Waals surface area contributed by atoms with Crippen LogP contribution in [0.1, 0.15) is 59.8 Å². The molecule has 2 atom stereocenters. The van der Waals surface area contributed by atoms with Crippen molar-refractivity contribution >= 4 is 11.8 Å². The molecule has 1 aliphatic heterocycles. The van der Waals surface area contributed by atoms with Gasteiger partial charge < -0.3 is 10.2 Å². The van der Waals surface area contributed by atoms with E-state index >= 15 is 0 Å². The van der Waals surface area contributed by atoms with Gasteiger partial charge in [-0.3, -0.25) is 9.59 Å². The Hall–Kier alpha value is -1.32. The van der Waals surface area contributed by atoms with Gasteiger partial charge in [0, 0.05) is 6.04 Å². The molecule has 1 N–H and O–H groups in total. The van der Waals surface area contributed by atoms with Crippen molar-refractivity contribution in [3.05, 3.63) is 12.2 Å². The Morgan fingerprint density at radius 2 is 1.95 bits per heavy atom. The van der Waals surface area contributed by atoms with E-state index in [9.17, 15) is 9.59 Å². The van der Waals surface area contributed by atoms with Gasteiger partial charge in [-0.1, -0.05) is 39.8 Å². The molecule has 4 heteroatoms. The SMILES string of the molecule is CCC1(CC)NC(=O)C(C(C)C)N(C2CC=CCC2)C1=O. The Kier molecular flexibility index (Phi) is 4.74. The van der Waals surface area contributed by atoms with Gasteiger partial charge in [-0.25, -0.2) is 0 Å². The number of piperazine rings is 1. The summed E-state index contributed by atoms with van der Waals surface area (Å²) in [6.45, 7) is 8.01. The molecule has 0 aromatic carbocycles. The largest absolute Gasteiger partial charge is 0.340 e. The van der Waals surface area contributed by atoms with Crippen LogP contribution in [0.2, 0.25) is 0 Å². The highest BCUT2D eigenvalue weighted by molar-refractivity contribution is 6.00. The molecule has 21 heavy (non-hydrogen) atoms. The Balaban J connectivity index is 2.39. The average molecular weight is 292 g/mol. The minimum absolute atomic E-state index is 0.0165. The smallest absolute Gasteiger partial charge is 0.249 e. The molecule has 0 radical (unpaired) electrons. The summed E-state index contributed by atoms with van der Waals surface area (Å²) < 4.78 is 0. The van der Waals surface area contributed by atoms with Gasteiger partial charge in [0.05, 0.1) is 0 Å². The third-order valence-electron chi connectivity index (χ3n) is 5.05. The summed E-state index contributed by atoms with van der Waals surface area (Å²) in [5.74, 6) is 0.264. The molecule has 0 aromatic heterocycles. The van der Waals surface area contributed by atoms with Crippen molar-refractivity contribution in [2.45, 2.75) is 77.4 Å². The minimum Gasteiger partial charge on any atom is -0.340 e. The molecular weight excluding hydrogens is 264 g/mol. The van der Waals surface area contributed by atoms with Crippen LogP contribution >= 0.6 is 0 Å². The first-order chi connectivity index (χ1) is 9.96. The first-order valence-electron chi connectivity index (χ1n) is 8.26. The van der Waals surface area contributed by atoms with Crippen molar-refractivity contribution in [2.75, 3.05) is 0 Å². The number of nitrogens with one attached hydrogen (secondary N) is 1. The van der Waals surface area contributed by atoms with E-state index in [1.54, 1.807) is 0 Å². The number of carbonyl (C=O) groups is 2. The van der Waals surface area contributed by atoms with Crippen LogP contribution in [0.3, 0.4) is 0 Å². The van der Waals surface area contributed by atoms with Crippen LogP contribution in [0.4, 0.5) is 0 Å². The maximum absolute atomic E-state index is 13.2. The third-order valence-corrected chi connectivity index (χ3v) is 5.05. The highest BCUT2D eigenvalue weighted by atomic mass is 16.2. The zero-order chi connectivity index (χ0) is 15.6. The molecule has 1 aliphatic carbocycles. The topological polar surface area (TPSA) is 49.4 Å². The fourth-order valence-electron chi connectivity index (χ4n) is 3.64. The summed E-state index contributed by atoms with van der Waals surface area (Å²) in [7, 11) is 0. The predicted octanol–water partition coefficient (Wildman–Crippen LogP) is 2.64. The number of hydrogen-bond donors (Lipinski definition) is 1. The lowest BCUT2D eigenvalue weighted by molar-refractivity contribution is -0.160. The number of nitrogens with zero attached hydrogens (tertiary/aromatic N) is 1. The lowest BCUT2D eigenvalue weighted by Gasteiger charge is -2.50. The molecule has 1 heterocycles. The molecule has 1 saturated heterocycles. The second-order valence-corrected chi connectivity index (χ2v) is 6.62. The van der Waals surface area contributed by atoms with Crippen molar-refractivity contribution in [2.24, 2.45) is 5.92 Å². The van der Waals surface area contributed by atoms with Gasteiger partial charge in [0.25, 0.3) is 0 Å². The second-order valence-electron chi connectivity index (χ2n) is 6.62. The van der Waals surface area contributed by atoms with Crippen LogP contribution in [-0.2, 0) is 9.59 Å². The van der Waals surface area contributed by atoms with Crippen LogP contribution in [0, 0.1) is 5.92 Å². The third kappa shape index (κ3) is 2.72. The molecular formula is C17H28N2O2. The summed E-state index contributed by atoms with van der Waals surface area (Å²) in [6, 6.07) is -0.168. The monoisotopic (exact) mass is 292 g/mol. The fourth-order valence-corrected chi connectivity index (χ4v) is 3.64. The summed E-state index contributed by atoms with van der Waals surface area (Å²) >= 11 is 0. The summed E-state index contributed by atoms with van der Waals surface area (Å²) in [5.41, 5.74) is -0.705. The first-order valence-corrected chi connectivity index (χ1v) is 8.26. The summed E-state index contributed by atoms with van der Waals surface area (Å²) in [4.78, 5) is 27.7. The van der Waals surface area contributed by atoms with Gasteiger partial charge >= 0.3 is 0 Å². The van der Waals surface area contributed by atoms with E-state index in [2.05, 4.69) is 17.5 Å². The minimum atomic E-state index is -0.705. The Bertz CT molecular complexity index is 438. The molecule has 118 valence electrons. The summed E-state index contributed by atoms with van der Waals surface area (Å²) in [6.07, 6.45) is 8.43. The van der Waals surface area contributed by atoms with Crippen LogP contribution in [0.15, 0.2) is 12.2 Å². The van der Waals surface area contributed by atoms with Gasteiger partial charge in [0.1, 0.15) is 11.6 Å². The van der Waals surface area contributed by atoms with Gasteiger partial charge in [-0.15, -0.1) is 0 Å². The van der Waals surface area contributed by atoms with Crippen molar-refractivity contribution < 1.29 is 9.59 Å². The standard InChI is InChI=1S/C17H28N2O2/c1-5-17(6-2)16(21)19(13-10-8-7-9-11-13)14(12(3)4)15(20)18-17/h7-8,12-14H,5-6,9-11H2,1-4H3,(H,18,20). The zero-order valence-corrected chi connectivity index (χ0v) is 13.7. The highest BCUT2D eigenvalue weighted by Gasteiger charge is 2.51. The quantitative estimate of drug-likeness (QED) is 0.810. The zero-order valence-electron chi connectivity index (χ0n) is 13.7. The molecule has 1 fully saturated rings. The lowest BCUT2D eigenvalue weighted by Crippen LogP contribution is -2.72. The van der Waals surface area contributed by atoms with E-state index in [1.807, 2.05) is 32.6 Å². The highest BCUT2D eigenvalue weighted by Crippen LogP contribution is 2.32. The molecule has 0 bridgehead atoms. The van der Waals surface area contributed by atoms with E-state index in [-0.39, 0.29) is 29.8 Å². The lowest BCUT2D eigenvalue weighted by atomic mass is 9.82. The van der Waals surface area contributed by atoms with Crippen molar-refractivity contribution in [1.82, 2.24) is 10.2 Å². The van der Waals surface area contributed by atoms with Crippen LogP contribution in [-0.4, -0.2) is 34.3 Å². The average Bonchev–Trinajstić information content (AvgIpc) is 2.49. The van der Waals surface area contributed by atoms with Crippen molar-refractivity contribution in [3.63, 3.8) is 0 Å². The maximum Gasteiger partial charge on any atom is 0.249 e. The molecule has 2 aliphatic rings. The number of amides is 2. The molecule has 0 aromatic rings. The van der Waals surface area contributed by atoms with E-state index in [0.717, 1.165) is 19.3 Å². The van der Waals surface area contributed by atoms with Gasteiger partial charge in [-0.2, -0.15) is 0 Å². The maximum atomic E-state index is 13.2. The van der Waals surface area contributed by atoms with Gasteiger partial charge in [0.15, 0.2) is 0 Å². The van der Waals surface area contributed by atoms with Gasteiger partial charge in [-0.05, 0) is 38.0 Å².